The van der Waals surface area contributed by atoms with Crippen molar-refractivity contribution in [3.05, 3.63) is 29.6 Å². The average Bonchev–Trinajstić information content (AvgIpc) is 3.08. The number of nitrogens with zero attached hydrogens (tertiary/aromatic N) is 4. The lowest BCUT2D eigenvalue weighted by Gasteiger charge is -2.31. The Morgan fingerprint density at radius 1 is 1.23 bits per heavy atom. The van der Waals surface area contributed by atoms with E-state index in [1.807, 2.05) is 32.2 Å². The van der Waals surface area contributed by atoms with Gasteiger partial charge in [0.2, 0.25) is 0 Å². The minimum Gasteiger partial charge on any atom is -0.486 e. The number of aromatic nitrogens is 3. The molecule has 0 unspecified atom stereocenters. The summed E-state index contributed by atoms with van der Waals surface area (Å²) in [4.78, 5) is 14.7. The number of fused-ring (bicyclic) bond motifs is 1. The fourth-order valence-corrected chi connectivity index (χ4v) is 3.46. The van der Waals surface area contributed by atoms with Gasteiger partial charge in [0, 0.05) is 19.2 Å². The van der Waals surface area contributed by atoms with Crippen LogP contribution in [0.3, 0.4) is 0 Å². The number of carbonyl (C=O) groups is 1. The highest BCUT2D eigenvalue weighted by molar-refractivity contribution is 5.93. The van der Waals surface area contributed by atoms with Crippen molar-refractivity contribution >= 4 is 5.91 Å². The molecule has 1 amide bonds. The fourth-order valence-electron chi connectivity index (χ4n) is 3.46. The first-order valence-electron chi connectivity index (χ1n) is 8.95. The molecule has 26 heavy (non-hydrogen) atoms. The van der Waals surface area contributed by atoms with E-state index < -0.39 is 0 Å². The van der Waals surface area contributed by atoms with Gasteiger partial charge in [0.05, 0.1) is 11.4 Å². The molecule has 0 spiro atoms. The van der Waals surface area contributed by atoms with Gasteiger partial charge in [-0.1, -0.05) is 5.21 Å². The number of ether oxygens (including phenoxy) is 2. The first-order chi connectivity index (χ1) is 12.6. The van der Waals surface area contributed by atoms with E-state index in [4.69, 9.17) is 9.47 Å². The molecule has 0 bridgehead atoms. The molecule has 0 radical (unpaired) electrons. The SMILES string of the molecule is Cc1c(C(=O)N(C)C2CCNCC2)nnn1-c1ccc2c(c1)OCCO2. The van der Waals surface area contributed by atoms with Gasteiger partial charge in [0.15, 0.2) is 17.2 Å². The predicted octanol–water partition coefficient (Wildman–Crippen LogP) is 1.17. The molecular formula is C18H23N5O3. The fraction of sp³-hybridized carbons (Fsp3) is 0.500. The first-order valence-corrected chi connectivity index (χ1v) is 8.95. The third-order valence-corrected chi connectivity index (χ3v) is 5.04. The van der Waals surface area contributed by atoms with Gasteiger partial charge < -0.3 is 19.7 Å². The number of benzene rings is 1. The second-order valence-electron chi connectivity index (χ2n) is 6.66. The zero-order chi connectivity index (χ0) is 18.1. The summed E-state index contributed by atoms with van der Waals surface area (Å²) >= 11 is 0. The van der Waals surface area contributed by atoms with E-state index in [9.17, 15) is 4.79 Å². The molecule has 138 valence electrons. The van der Waals surface area contributed by atoms with Crippen molar-refractivity contribution in [2.75, 3.05) is 33.4 Å². The van der Waals surface area contributed by atoms with Crippen LogP contribution in [0.1, 0.15) is 29.0 Å². The standard InChI is InChI=1S/C18H23N5O3/c1-12-17(18(24)22(2)13-5-7-19-8-6-13)20-21-23(12)14-3-4-15-16(11-14)26-10-9-25-15/h3-4,11,13,19H,5-10H2,1-2H3. The minimum atomic E-state index is -0.0850. The van der Waals surface area contributed by atoms with E-state index in [1.165, 1.54) is 0 Å². The zero-order valence-electron chi connectivity index (χ0n) is 15.1. The van der Waals surface area contributed by atoms with E-state index in [2.05, 4.69) is 15.6 Å². The maximum absolute atomic E-state index is 12.9. The Balaban J connectivity index is 1.59. The molecular weight excluding hydrogens is 334 g/mol. The summed E-state index contributed by atoms with van der Waals surface area (Å²) < 4.78 is 12.8. The number of amides is 1. The molecule has 1 aromatic heterocycles. The van der Waals surface area contributed by atoms with Gasteiger partial charge in [-0.15, -0.1) is 5.10 Å². The number of hydrogen-bond acceptors (Lipinski definition) is 6. The van der Waals surface area contributed by atoms with Gasteiger partial charge >= 0.3 is 0 Å². The lowest BCUT2D eigenvalue weighted by Crippen LogP contribution is -2.44. The Morgan fingerprint density at radius 3 is 2.73 bits per heavy atom. The summed E-state index contributed by atoms with van der Waals surface area (Å²) in [6, 6.07) is 5.84. The van der Waals surface area contributed by atoms with Crippen LogP contribution in [0.25, 0.3) is 5.69 Å². The van der Waals surface area contributed by atoms with E-state index >= 15 is 0 Å². The van der Waals surface area contributed by atoms with Gasteiger partial charge in [-0.2, -0.15) is 0 Å². The van der Waals surface area contributed by atoms with Crippen molar-refractivity contribution in [2.45, 2.75) is 25.8 Å². The Bertz CT molecular complexity index is 813. The van der Waals surface area contributed by atoms with E-state index in [0.717, 1.165) is 37.4 Å². The molecule has 2 aliphatic rings. The quantitative estimate of drug-likeness (QED) is 0.888. The molecule has 0 saturated carbocycles. The summed E-state index contributed by atoms with van der Waals surface area (Å²) in [5.74, 6) is 1.32. The summed E-state index contributed by atoms with van der Waals surface area (Å²) in [5, 5.41) is 11.7. The van der Waals surface area contributed by atoms with E-state index in [-0.39, 0.29) is 11.9 Å². The number of piperidine rings is 1. The highest BCUT2D eigenvalue weighted by atomic mass is 16.6. The van der Waals surface area contributed by atoms with Crippen molar-refractivity contribution in [3.63, 3.8) is 0 Å². The largest absolute Gasteiger partial charge is 0.486 e. The van der Waals surface area contributed by atoms with Crippen LogP contribution in [-0.2, 0) is 0 Å². The third kappa shape index (κ3) is 3.01. The van der Waals surface area contributed by atoms with Gasteiger partial charge in [-0.05, 0) is 45.0 Å². The number of nitrogens with one attached hydrogen (secondary N) is 1. The van der Waals surface area contributed by atoms with Crippen LogP contribution in [-0.4, -0.2) is 65.2 Å². The smallest absolute Gasteiger partial charge is 0.276 e. The van der Waals surface area contributed by atoms with Crippen LogP contribution < -0.4 is 14.8 Å². The van der Waals surface area contributed by atoms with Crippen molar-refractivity contribution in [1.82, 2.24) is 25.2 Å². The topological polar surface area (TPSA) is 81.5 Å². The Kier molecular flexibility index (Phi) is 4.50. The second-order valence-corrected chi connectivity index (χ2v) is 6.66. The highest BCUT2D eigenvalue weighted by Crippen LogP contribution is 2.32. The molecule has 3 heterocycles. The van der Waals surface area contributed by atoms with Crippen LogP contribution in [0.4, 0.5) is 0 Å². The maximum Gasteiger partial charge on any atom is 0.276 e. The molecule has 1 N–H and O–H groups in total. The number of hydrogen-bond donors (Lipinski definition) is 1. The minimum absolute atomic E-state index is 0.0850. The van der Waals surface area contributed by atoms with E-state index in [1.54, 1.807) is 9.58 Å². The van der Waals surface area contributed by atoms with Crippen LogP contribution in [0.15, 0.2) is 18.2 Å². The van der Waals surface area contributed by atoms with Crippen molar-refractivity contribution < 1.29 is 14.3 Å². The molecule has 4 rings (SSSR count). The summed E-state index contributed by atoms with van der Waals surface area (Å²) in [5.41, 5.74) is 1.90. The molecule has 2 aromatic rings. The van der Waals surface area contributed by atoms with Crippen LogP contribution >= 0.6 is 0 Å². The lowest BCUT2D eigenvalue weighted by atomic mass is 10.0. The first kappa shape index (κ1) is 16.8. The maximum atomic E-state index is 12.9. The van der Waals surface area contributed by atoms with E-state index in [0.29, 0.717) is 30.4 Å². The molecule has 1 fully saturated rings. The lowest BCUT2D eigenvalue weighted by molar-refractivity contribution is 0.0696. The van der Waals surface area contributed by atoms with Gasteiger partial charge in [0.25, 0.3) is 5.91 Å². The zero-order valence-corrected chi connectivity index (χ0v) is 15.1. The Morgan fingerprint density at radius 2 is 1.96 bits per heavy atom. The molecule has 8 nitrogen and oxygen atoms in total. The summed E-state index contributed by atoms with van der Waals surface area (Å²) in [6.45, 7) is 4.81. The van der Waals surface area contributed by atoms with Crippen LogP contribution in [0.2, 0.25) is 0 Å². The Labute approximate surface area is 152 Å². The second kappa shape index (κ2) is 6.95. The van der Waals surface area contributed by atoms with Gasteiger partial charge in [-0.3, -0.25) is 4.79 Å². The van der Waals surface area contributed by atoms with Crippen LogP contribution in [0.5, 0.6) is 11.5 Å². The molecule has 0 aliphatic carbocycles. The van der Waals surface area contributed by atoms with Crippen molar-refractivity contribution in [2.24, 2.45) is 0 Å². The van der Waals surface area contributed by atoms with Crippen molar-refractivity contribution in [3.8, 4) is 17.2 Å². The van der Waals surface area contributed by atoms with Gasteiger partial charge in [0.1, 0.15) is 13.2 Å². The molecule has 8 heteroatoms. The summed E-state index contributed by atoms with van der Waals surface area (Å²) in [6.07, 6.45) is 1.91. The van der Waals surface area contributed by atoms with Gasteiger partial charge in [-0.25, -0.2) is 4.68 Å². The molecule has 2 aliphatic heterocycles. The highest BCUT2D eigenvalue weighted by Gasteiger charge is 2.27. The molecule has 0 atom stereocenters. The average molecular weight is 357 g/mol. The number of rotatable bonds is 3. The molecule has 1 aromatic carbocycles. The Hall–Kier alpha value is -2.61. The molecule has 1 saturated heterocycles. The predicted molar refractivity (Wildman–Crippen MR) is 95.1 cm³/mol. The monoisotopic (exact) mass is 357 g/mol. The van der Waals surface area contributed by atoms with Crippen molar-refractivity contribution in [1.29, 1.82) is 0 Å². The summed E-state index contributed by atoms with van der Waals surface area (Å²) in [7, 11) is 1.85. The normalized spacial score (nSPS) is 17.2. The third-order valence-electron chi connectivity index (χ3n) is 5.04. The van der Waals surface area contributed by atoms with Crippen LogP contribution in [0, 0.1) is 6.92 Å². The number of carbonyl (C=O) groups excluding carboxylic acids is 1.